The van der Waals surface area contributed by atoms with Crippen LogP contribution in [0.25, 0.3) is 0 Å². The van der Waals surface area contributed by atoms with Gasteiger partial charge in [-0.2, -0.15) is 0 Å². The lowest BCUT2D eigenvalue weighted by Crippen LogP contribution is -2.17. The third-order valence-corrected chi connectivity index (χ3v) is 1.85. The van der Waals surface area contributed by atoms with E-state index in [0.29, 0.717) is 0 Å². The largest absolute Gasteiger partial charge is 0.477 e. The van der Waals surface area contributed by atoms with Gasteiger partial charge in [-0.25, -0.2) is 4.79 Å². The second-order valence-electron chi connectivity index (χ2n) is 1.98. The summed E-state index contributed by atoms with van der Waals surface area (Å²) in [4.78, 5) is 10.3. The van der Waals surface area contributed by atoms with Crippen molar-refractivity contribution in [2.24, 2.45) is 5.92 Å². The predicted octanol–water partition coefficient (Wildman–Crippen LogP) is 1.49. The number of carbonyl (C=O) groups is 1. The van der Waals surface area contributed by atoms with Gasteiger partial charge in [0.15, 0.2) is 0 Å². The number of rotatable bonds is 3. The van der Waals surface area contributed by atoms with Crippen LogP contribution in [0.1, 0.15) is 20.3 Å². The highest BCUT2D eigenvalue weighted by molar-refractivity contribution is 7.82. The monoisotopic (exact) mass is 146 g/mol. The van der Waals surface area contributed by atoms with Gasteiger partial charge in [-0.15, -0.1) is 0 Å². The molecule has 52 valence electrons. The van der Waals surface area contributed by atoms with Crippen LogP contribution >= 0.6 is 12.2 Å². The van der Waals surface area contributed by atoms with Gasteiger partial charge >= 0.3 is 5.97 Å². The van der Waals surface area contributed by atoms with Crippen LogP contribution in [-0.2, 0) is 4.79 Å². The molecule has 9 heavy (non-hydrogen) atoms. The molecule has 1 unspecified atom stereocenters. The first-order valence-corrected chi connectivity index (χ1v) is 3.27. The van der Waals surface area contributed by atoms with Gasteiger partial charge in [-0.3, -0.25) is 0 Å². The molecule has 0 aliphatic heterocycles. The van der Waals surface area contributed by atoms with Crippen molar-refractivity contribution in [2.45, 2.75) is 20.3 Å². The summed E-state index contributed by atoms with van der Waals surface area (Å²) in [5, 5.41) is 8.34. The second-order valence-corrected chi connectivity index (χ2v) is 2.42. The molecular weight excluding hydrogens is 136 g/mol. The molecule has 0 bridgehead atoms. The molecule has 0 spiro atoms. The Hall–Kier alpha value is -0.440. The van der Waals surface area contributed by atoms with Crippen molar-refractivity contribution in [2.75, 3.05) is 0 Å². The van der Waals surface area contributed by atoms with Crippen LogP contribution in [0.2, 0.25) is 0 Å². The first kappa shape index (κ1) is 8.56. The molecule has 2 nitrogen and oxygen atoms in total. The lowest BCUT2D eigenvalue weighted by molar-refractivity contribution is -0.129. The molecule has 0 rings (SSSR count). The van der Waals surface area contributed by atoms with Crippen LogP contribution in [0, 0.1) is 5.92 Å². The topological polar surface area (TPSA) is 37.3 Å². The fraction of sp³-hybridized carbons (Fsp3) is 0.667. The molecule has 1 N–H and O–H groups in total. The third-order valence-electron chi connectivity index (χ3n) is 1.27. The van der Waals surface area contributed by atoms with E-state index in [1.165, 1.54) is 0 Å². The summed E-state index contributed by atoms with van der Waals surface area (Å²) in [6.07, 6.45) is 0.797. The van der Waals surface area contributed by atoms with Crippen molar-refractivity contribution in [3.05, 3.63) is 0 Å². The Bertz CT molecular complexity index is 131. The zero-order valence-corrected chi connectivity index (χ0v) is 6.36. The van der Waals surface area contributed by atoms with Gasteiger partial charge in [0.1, 0.15) is 4.86 Å². The molecule has 0 aromatic carbocycles. The Kier molecular flexibility index (Phi) is 3.39. The van der Waals surface area contributed by atoms with Gasteiger partial charge in [0.25, 0.3) is 0 Å². The van der Waals surface area contributed by atoms with Crippen molar-refractivity contribution < 1.29 is 9.90 Å². The van der Waals surface area contributed by atoms with Gasteiger partial charge in [-0.05, 0) is 12.3 Å². The fourth-order valence-electron chi connectivity index (χ4n) is 0.396. The fourth-order valence-corrected chi connectivity index (χ4v) is 0.563. The molecule has 3 heteroatoms. The van der Waals surface area contributed by atoms with Crippen LogP contribution in [-0.4, -0.2) is 15.9 Å². The van der Waals surface area contributed by atoms with Crippen LogP contribution in [0.4, 0.5) is 0 Å². The van der Waals surface area contributed by atoms with Crippen molar-refractivity contribution in [3.63, 3.8) is 0 Å². The molecule has 0 aliphatic carbocycles. The average molecular weight is 146 g/mol. The van der Waals surface area contributed by atoms with E-state index in [2.05, 4.69) is 12.2 Å². The van der Waals surface area contributed by atoms with Crippen LogP contribution in [0.5, 0.6) is 0 Å². The second kappa shape index (κ2) is 3.56. The summed E-state index contributed by atoms with van der Waals surface area (Å²) in [5.74, 6) is -0.933. The normalized spacial score (nSPS) is 12.7. The molecule has 1 atom stereocenters. The maximum atomic E-state index is 10.2. The summed E-state index contributed by atoms with van der Waals surface area (Å²) in [5.41, 5.74) is 0. The standard InChI is InChI=1S/C6H10O2S/c1-3-4(2)5(9)6(7)8/h4H,3H2,1-2H3,(H,7,8). The minimum atomic E-state index is -0.959. The molecule has 0 saturated carbocycles. The molecule has 0 amide bonds. The maximum absolute atomic E-state index is 10.2. The summed E-state index contributed by atoms with van der Waals surface area (Å²) < 4.78 is 0. The van der Waals surface area contributed by atoms with Crippen molar-refractivity contribution in [1.82, 2.24) is 0 Å². The van der Waals surface area contributed by atoms with Crippen LogP contribution < -0.4 is 0 Å². The number of carboxylic acid groups (broad SMARTS) is 1. The van der Waals surface area contributed by atoms with E-state index in [-0.39, 0.29) is 10.8 Å². The molecule has 0 aliphatic rings. The van der Waals surface area contributed by atoms with E-state index in [1.807, 2.05) is 13.8 Å². The quantitative estimate of drug-likeness (QED) is 0.613. The zero-order valence-electron chi connectivity index (χ0n) is 5.55. The SMILES string of the molecule is CCC(C)C(=S)C(=O)O. The van der Waals surface area contributed by atoms with E-state index in [9.17, 15) is 4.79 Å². The van der Waals surface area contributed by atoms with E-state index in [1.54, 1.807) is 0 Å². The van der Waals surface area contributed by atoms with E-state index in [4.69, 9.17) is 5.11 Å². The van der Waals surface area contributed by atoms with Gasteiger partial charge in [0, 0.05) is 0 Å². The number of carboxylic acids is 1. The molecule has 0 heterocycles. The Morgan fingerprint density at radius 2 is 2.22 bits per heavy atom. The molecular formula is C6H10O2S. The minimum Gasteiger partial charge on any atom is -0.477 e. The highest BCUT2D eigenvalue weighted by atomic mass is 32.1. The third kappa shape index (κ3) is 2.56. The molecule has 0 saturated heterocycles. The highest BCUT2D eigenvalue weighted by Gasteiger charge is 2.12. The van der Waals surface area contributed by atoms with Crippen molar-refractivity contribution in [1.29, 1.82) is 0 Å². The van der Waals surface area contributed by atoms with E-state index >= 15 is 0 Å². The molecule has 0 fully saturated rings. The smallest absolute Gasteiger partial charge is 0.342 e. The van der Waals surface area contributed by atoms with E-state index in [0.717, 1.165) is 6.42 Å². The van der Waals surface area contributed by atoms with Crippen LogP contribution in [0.3, 0.4) is 0 Å². The first-order chi connectivity index (χ1) is 4.09. The highest BCUT2D eigenvalue weighted by Crippen LogP contribution is 2.03. The Morgan fingerprint density at radius 3 is 2.33 bits per heavy atom. The predicted molar refractivity (Wildman–Crippen MR) is 39.7 cm³/mol. The number of thiocarbonyl (C=S) groups is 1. The zero-order chi connectivity index (χ0) is 7.44. The molecule has 0 aromatic rings. The maximum Gasteiger partial charge on any atom is 0.342 e. The summed E-state index contributed by atoms with van der Waals surface area (Å²) in [7, 11) is 0. The van der Waals surface area contributed by atoms with Gasteiger partial charge in [0.2, 0.25) is 0 Å². The average Bonchev–Trinajstić information content (AvgIpc) is 1.84. The lowest BCUT2D eigenvalue weighted by atomic mass is 10.1. The number of aliphatic carboxylic acids is 1. The molecule has 0 radical (unpaired) electrons. The summed E-state index contributed by atoms with van der Waals surface area (Å²) in [6.45, 7) is 3.73. The Labute approximate surface area is 59.9 Å². The number of hydrogen-bond acceptors (Lipinski definition) is 2. The Balaban J connectivity index is 3.88. The van der Waals surface area contributed by atoms with Gasteiger partial charge in [-0.1, -0.05) is 26.1 Å². The van der Waals surface area contributed by atoms with Crippen molar-refractivity contribution in [3.8, 4) is 0 Å². The van der Waals surface area contributed by atoms with Gasteiger partial charge < -0.3 is 5.11 Å². The van der Waals surface area contributed by atoms with Crippen LogP contribution in [0.15, 0.2) is 0 Å². The summed E-state index contributed by atoms with van der Waals surface area (Å²) in [6, 6.07) is 0. The molecule has 0 aromatic heterocycles. The van der Waals surface area contributed by atoms with Gasteiger partial charge in [0.05, 0.1) is 0 Å². The lowest BCUT2D eigenvalue weighted by Gasteiger charge is -2.03. The number of hydrogen-bond donors (Lipinski definition) is 1. The minimum absolute atomic E-state index is 0.0255. The van der Waals surface area contributed by atoms with Crippen molar-refractivity contribution >= 4 is 23.1 Å². The first-order valence-electron chi connectivity index (χ1n) is 2.86. The Morgan fingerprint density at radius 1 is 1.78 bits per heavy atom. The summed E-state index contributed by atoms with van der Waals surface area (Å²) >= 11 is 4.60. The van der Waals surface area contributed by atoms with E-state index < -0.39 is 5.97 Å².